The Kier molecular flexibility index (Phi) is 6.47. The Bertz CT molecular complexity index is 1260. The smallest absolute Gasteiger partial charge is 0.341 e. The molecule has 0 spiro atoms. The second kappa shape index (κ2) is 8.91. The third-order valence-corrected chi connectivity index (χ3v) is 6.72. The van der Waals surface area contributed by atoms with E-state index in [1.165, 1.54) is 0 Å². The molecule has 1 aromatic heterocycles. The van der Waals surface area contributed by atoms with E-state index in [9.17, 15) is 18.0 Å². The quantitative estimate of drug-likeness (QED) is 0.546. The monoisotopic (exact) mass is 443 g/mol. The van der Waals surface area contributed by atoms with Crippen molar-refractivity contribution < 1.29 is 22.7 Å². The number of ether oxygens (including phenoxy) is 1. The Labute approximate surface area is 181 Å². The number of fused-ring (bicyclic) bond motifs is 1. The minimum absolute atomic E-state index is 0.0242. The van der Waals surface area contributed by atoms with Gasteiger partial charge in [0.25, 0.3) is 0 Å². The van der Waals surface area contributed by atoms with Gasteiger partial charge in [0.2, 0.25) is 15.9 Å². The molecule has 1 amide bonds. The molecule has 2 N–H and O–H groups in total. The fourth-order valence-electron chi connectivity index (χ4n) is 3.45. The zero-order valence-corrected chi connectivity index (χ0v) is 18.7. The molecule has 0 unspecified atom stereocenters. The van der Waals surface area contributed by atoms with Crippen molar-refractivity contribution in [1.82, 2.24) is 9.29 Å². The minimum atomic E-state index is -4.15. The van der Waals surface area contributed by atoms with Gasteiger partial charge in [-0.15, -0.1) is 0 Å². The number of esters is 1. The first kappa shape index (κ1) is 22.5. The molecule has 0 radical (unpaired) electrons. The van der Waals surface area contributed by atoms with Gasteiger partial charge in [-0.3, -0.25) is 4.79 Å². The lowest BCUT2D eigenvalue weighted by molar-refractivity contribution is -0.115. The summed E-state index contributed by atoms with van der Waals surface area (Å²) in [5.41, 5.74) is 1.41. The molecule has 0 aliphatic heterocycles. The Hall–Kier alpha value is -3.17. The number of hydrogen-bond acceptors (Lipinski definition) is 5. The molecule has 0 saturated carbocycles. The standard InChI is InChI=1S/C22H25N3O5S/c1-5-30-22(27)20-14(2)25(4)15(3)21(20)31(28,29)23-13-19(26)24-18-12-8-10-16-9-6-7-11-17(16)18/h6-12,23H,5,13H2,1-4H3,(H,24,26). The minimum Gasteiger partial charge on any atom is -0.462 e. The molecule has 0 atom stereocenters. The van der Waals surface area contributed by atoms with Crippen LogP contribution in [-0.4, -0.2) is 38.0 Å². The highest BCUT2D eigenvalue weighted by Gasteiger charge is 2.31. The van der Waals surface area contributed by atoms with Crippen LogP contribution in [0.25, 0.3) is 10.8 Å². The third-order valence-electron chi connectivity index (χ3n) is 5.16. The second-order valence-corrected chi connectivity index (χ2v) is 8.76. The lowest BCUT2D eigenvalue weighted by Gasteiger charge is -2.11. The van der Waals surface area contributed by atoms with Crippen LogP contribution in [0.1, 0.15) is 28.7 Å². The second-order valence-electron chi connectivity index (χ2n) is 7.05. The number of anilines is 1. The van der Waals surface area contributed by atoms with Crippen molar-refractivity contribution in [3.05, 3.63) is 59.4 Å². The maximum atomic E-state index is 13.0. The summed E-state index contributed by atoms with van der Waals surface area (Å²) in [5.74, 6) is -1.24. The molecule has 0 bridgehead atoms. The molecule has 0 aliphatic rings. The molecule has 31 heavy (non-hydrogen) atoms. The molecule has 2 aromatic carbocycles. The summed E-state index contributed by atoms with van der Waals surface area (Å²) in [6, 6.07) is 13.0. The van der Waals surface area contributed by atoms with E-state index in [1.54, 1.807) is 38.5 Å². The predicted molar refractivity (Wildman–Crippen MR) is 119 cm³/mol. The number of amides is 1. The van der Waals surface area contributed by atoms with Crippen LogP contribution in [0.5, 0.6) is 0 Å². The highest BCUT2D eigenvalue weighted by Crippen LogP contribution is 2.27. The van der Waals surface area contributed by atoms with Crippen molar-refractivity contribution in [2.24, 2.45) is 7.05 Å². The lowest BCUT2D eigenvalue weighted by Crippen LogP contribution is -2.34. The number of sulfonamides is 1. The van der Waals surface area contributed by atoms with Crippen molar-refractivity contribution in [2.75, 3.05) is 18.5 Å². The van der Waals surface area contributed by atoms with E-state index in [-0.39, 0.29) is 17.1 Å². The van der Waals surface area contributed by atoms with E-state index >= 15 is 0 Å². The van der Waals surface area contributed by atoms with Crippen LogP contribution < -0.4 is 10.0 Å². The van der Waals surface area contributed by atoms with E-state index < -0.39 is 28.4 Å². The molecule has 0 aliphatic carbocycles. The molecule has 3 aromatic rings. The molecular formula is C22H25N3O5S. The van der Waals surface area contributed by atoms with E-state index in [4.69, 9.17) is 4.74 Å². The maximum Gasteiger partial charge on any atom is 0.341 e. The molecule has 0 saturated heterocycles. The average molecular weight is 444 g/mol. The summed E-state index contributed by atoms with van der Waals surface area (Å²) < 4.78 is 35.0. The van der Waals surface area contributed by atoms with Gasteiger partial charge >= 0.3 is 5.97 Å². The zero-order valence-electron chi connectivity index (χ0n) is 17.9. The van der Waals surface area contributed by atoms with Gasteiger partial charge in [0.05, 0.1) is 13.2 Å². The van der Waals surface area contributed by atoms with E-state index in [0.29, 0.717) is 17.1 Å². The van der Waals surface area contributed by atoms with E-state index in [0.717, 1.165) is 10.8 Å². The number of hydrogen-bond donors (Lipinski definition) is 2. The number of carbonyl (C=O) groups excluding carboxylic acids is 2. The third kappa shape index (κ3) is 4.47. The van der Waals surface area contributed by atoms with Crippen molar-refractivity contribution in [3.63, 3.8) is 0 Å². The number of carbonyl (C=O) groups is 2. The number of rotatable bonds is 7. The van der Waals surface area contributed by atoms with Gasteiger partial charge < -0.3 is 14.6 Å². The molecule has 0 fully saturated rings. The van der Waals surface area contributed by atoms with E-state index in [1.807, 2.05) is 36.4 Å². The predicted octanol–water partition coefficient (Wildman–Crippen LogP) is 2.89. The Morgan fingerprint density at radius 2 is 1.71 bits per heavy atom. The van der Waals surface area contributed by atoms with Crippen LogP contribution in [0.4, 0.5) is 5.69 Å². The Balaban J connectivity index is 1.82. The zero-order chi connectivity index (χ0) is 22.8. The topological polar surface area (TPSA) is 106 Å². The Morgan fingerprint density at radius 3 is 2.42 bits per heavy atom. The van der Waals surface area contributed by atoms with Gasteiger partial charge in [-0.2, -0.15) is 0 Å². The molecule has 1 heterocycles. The van der Waals surface area contributed by atoms with E-state index in [2.05, 4.69) is 10.0 Å². The van der Waals surface area contributed by atoms with Crippen molar-refractivity contribution in [1.29, 1.82) is 0 Å². The van der Waals surface area contributed by atoms with Crippen LogP contribution in [0.3, 0.4) is 0 Å². The first-order valence-electron chi connectivity index (χ1n) is 9.77. The summed E-state index contributed by atoms with van der Waals surface area (Å²) in [4.78, 5) is 24.7. The summed E-state index contributed by atoms with van der Waals surface area (Å²) in [6.45, 7) is 4.52. The van der Waals surface area contributed by atoms with Gasteiger partial charge in [-0.05, 0) is 32.2 Å². The van der Waals surface area contributed by atoms with Gasteiger partial charge in [0.15, 0.2) is 0 Å². The molecule has 9 heteroatoms. The van der Waals surface area contributed by atoms with Crippen LogP contribution in [-0.2, 0) is 26.6 Å². The summed E-state index contributed by atoms with van der Waals surface area (Å²) >= 11 is 0. The van der Waals surface area contributed by atoms with Crippen LogP contribution in [0.2, 0.25) is 0 Å². The first-order chi connectivity index (χ1) is 14.7. The summed E-state index contributed by atoms with van der Waals surface area (Å²) in [5, 5.41) is 4.54. The van der Waals surface area contributed by atoms with Crippen LogP contribution in [0, 0.1) is 13.8 Å². The van der Waals surface area contributed by atoms with Gasteiger partial charge in [-0.1, -0.05) is 36.4 Å². The van der Waals surface area contributed by atoms with Crippen molar-refractivity contribution >= 4 is 38.4 Å². The Morgan fingerprint density at radius 1 is 1.03 bits per heavy atom. The van der Waals surface area contributed by atoms with Crippen LogP contribution in [0.15, 0.2) is 47.4 Å². The normalized spacial score (nSPS) is 11.5. The SMILES string of the molecule is CCOC(=O)c1c(S(=O)(=O)NCC(=O)Nc2cccc3ccccc23)c(C)n(C)c1C. The van der Waals surface area contributed by atoms with Gasteiger partial charge in [-0.25, -0.2) is 17.9 Å². The fourth-order valence-corrected chi connectivity index (χ4v) is 4.94. The van der Waals surface area contributed by atoms with Crippen molar-refractivity contribution in [2.45, 2.75) is 25.7 Å². The molecule has 164 valence electrons. The molecular weight excluding hydrogens is 418 g/mol. The summed E-state index contributed by atoms with van der Waals surface area (Å²) in [6.07, 6.45) is 0. The highest BCUT2D eigenvalue weighted by molar-refractivity contribution is 7.89. The fraction of sp³-hybridized carbons (Fsp3) is 0.273. The van der Waals surface area contributed by atoms with Gasteiger partial charge in [0.1, 0.15) is 10.5 Å². The summed E-state index contributed by atoms with van der Waals surface area (Å²) in [7, 11) is -2.48. The van der Waals surface area contributed by atoms with Gasteiger partial charge in [0, 0.05) is 29.5 Å². The lowest BCUT2D eigenvalue weighted by atomic mass is 10.1. The average Bonchev–Trinajstić information content (AvgIpc) is 2.97. The van der Waals surface area contributed by atoms with Crippen molar-refractivity contribution in [3.8, 4) is 0 Å². The molecule has 8 nitrogen and oxygen atoms in total. The number of aromatic nitrogens is 1. The van der Waals surface area contributed by atoms with Crippen LogP contribution >= 0.6 is 0 Å². The largest absolute Gasteiger partial charge is 0.462 e. The number of nitrogens with zero attached hydrogens (tertiary/aromatic N) is 1. The number of nitrogens with one attached hydrogen (secondary N) is 2. The molecule has 3 rings (SSSR count). The highest BCUT2D eigenvalue weighted by atomic mass is 32.2. The maximum absolute atomic E-state index is 13.0. The first-order valence-corrected chi connectivity index (χ1v) is 11.3. The number of benzene rings is 2.